The average Bonchev–Trinajstić information content (AvgIpc) is 2.86. The van der Waals surface area contributed by atoms with Crippen molar-refractivity contribution in [2.45, 2.75) is 72.3 Å². The highest BCUT2D eigenvalue weighted by atomic mass is 16.5. The summed E-state index contributed by atoms with van der Waals surface area (Å²) in [5.41, 5.74) is 6.12. The fourth-order valence-electron chi connectivity index (χ4n) is 2.95. The first kappa shape index (κ1) is 15.5. The highest BCUT2D eigenvalue weighted by Gasteiger charge is 2.31. The first-order valence-electron chi connectivity index (χ1n) is 7.88. The van der Waals surface area contributed by atoms with E-state index in [-0.39, 0.29) is 11.5 Å². The fourth-order valence-corrected chi connectivity index (χ4v) is 2.95. The summed E-state index contributed by atoms with van der Waals surface area (Å²) in [5, 5.41) is 4.18. The molecule has 0 radical (unpaired) electrons. The summed E-state index contributed by atoms with van der Waals surface area (Å²) in [5.74, 6) is 3.54. The molecule has 1 aliphatic rings. The van der Waals surface area contributed by atoms with E-state index in [4.69, 9.17) is 10.3 Å². The number of aromatic nitrogens is 2. The number of rotatable bonds is 3. The molecule has 0 bridgehead atoms. The highest BCUT2D eigenvalue weighted by Crippen LogP contribution is 2.38. The van der Waals surface area contributed by atoms with E-state index >= 15 is 0 Å². The molecule has 0 aliphatic heterocycles. The topological polar surface area (TPSA) is 64.9 Å². The van der Waals surface area contributed by atoms with Gasteiger partial charge in [-0.15, -0.1) is 0 Å². The Morgan fingerprint density at radius 2 is 1.75 bits per heavy atom. The van der Waals surface area contributed by atoms with Crippen LogP contribution in [0.1, 0.15) is 84.0 Å². The molecule has 1 heterocycles. The van der Waals surface area contributed by atoms with Crippen molar-refractivity contribution in [1.82, 2.24) is 10.1 Å². The van der Waals surface area contributed by atoms with E-state index in [1.54, 1.807) is 0 Å². The van der Waals surface area contributed by atoms with Crippen LogP contribution in [-0.4, -0.2) is 10.1 Å². The summed E-state index contributed by atoms with van der Waals surface area (Å²) in [7, 11) is 0. The molecule has 114 valence electrons. The van der Waals surface area contributed by atoms with Crippen LogP contribution in [0.15, 0.2) is 4.52 Å². The third kappa shape index (κ3) is 3.40. The molecule has 1 aromatic heterocycles. The van der Waals surface area contributed by atoms with Crippen molar-refractivity contribution in [2.75, 3.05) is 0 Å². The van der Waals surface area contributed by atoms with E-state index in [1.807, 2.05) is 0 Å². The van der Waals surface area contributed by atoms with Crippen molar-refractivity contribution < 1.29 is 4.52 Å². The SMILES string of the molecule is CC(C)C1CCC(c2noc(C(N)C(C)(C)C)n2)CC1. The average molecular weight is 279 g/mol. The van der Waals surface area contributed by atoms with Gasteiger partial charge < -0.3 is 10.3 Å². The lowest BCUT2D eigenvalue weighted by atomic mass is 9.77. The van der Waals surface area contributed by atoms with Gasteiger partial charge in [0.15, 0.2) is 5.82 Å². The zero-order valence-corrected chi connectivity index (χ0v) is 13.5. The summed E-state index contributed by atoms with van der Waals surface area (Å²) < 4.78 is 5.39. The van der Waals surface area contributed by atoms with Gasteiger partial charge >= 0.3 is 0 Å². The summed E-state index contributed by atoms with van der Waals surface area (Å²) in [6.07, 6.45) is 4.90. The Morgan fingerprint density at radius 1 is 1.15 bits per heavy atom. The summed E-state index contributed by atoms with van der Waals surface area (Å²) in [6, 6.07) is -0.198. The number of hydrogen-bond donors (Lipinski definition) is 1. The molecule has 20 heavy (non-hydrogen) atoms. The van der Waals surface area contributed by atoms with E-state index in [0.717, 1.165) is 17.7 Å². The normalized spacial score (nSPS) is 25.9. The van der Waals surface area contributed by atoms with Gasteiger partial charge in [0, 0.05) is 5.92 Å². The maximum Gasteiger partial charge on any atom is 0.244 e. The van der Waals surface area contributed by atoms with E-state index in [1.165, 1.54) is 25.7 Å². The standard InChI is InChI=1S/C16H29N3O/c1-10(2)11-6-8-12(9-7-11)14-18-15(20-19-14)13(17)16(3,4)5/h10-13H,6-9,17H2,1-5H3. The van der Waals surface area contributed by atoms with E-state index in [0.29, 0.717) is 11.8 Å². The van der Waals surface area contributed by atoms with Crippen molar-refractivity contribution in [3.63, 3.8) is 0 Å². The molecule has 1 fully saturated rings. The second-order valence-electron chi connectivity index (χ2n) is 7.69. The van der Waals surface area contributed by atoms with Crippen LogP contribution in [0.4, 0.5) is 0 Å². The molecule has 4 heteroatoms. The number of hydrogen-bond acceptors (Lipinski definition) is 4. The van der Waals surface area contributed by atoms with Crippen molar-refractivity contribution >= 4 is 0 Å². The molecule has 2 N–H and O–H groups in total. The molecule has 0 spiro atoms. The molecule has 1 saturated carbocycles. The Balaban J connectivity index is 2.00. The zero-order valence-electron chi connectivity index (χ0n) is 13.5. The van der Waals surface area contributed by atoms with Gasteiger partial charge in [0.2, 0.25) is 5.89 Å². The molecule has 2 rings (SSSR count). The first-order valence-corrected chi connectivity index (χ1v) is 7.88. The molecule has 0 amide bonds. The predicted molar refractivity (Wildman–Crippen MR) is 80.2 cm³/mol. The van der Waals surface area contributed by atoms with Crippen LogP contribution in [0.3, 0.4) is 0 Å². The Labute approximate surface area is 122 Å². The molecule has 0 aromatic carbocycles. The highest BCUT2D eigenvalue weighted by molar-refractivity contribution is 5.02. The second kappa shape index (κ2) is 5.84. The third-order valence-electron chi connectivity index (χ3n) is 4.74. The van der Waals surface area contributed by atoms with Gasteiger partial charge in [-0.2, -0.15) is 4.98 Å². The second-order valence-corrected chi connectivity index (χ2v) is 7.69. The van der Waals surface area contributed by atoms with E-state index < -0.39 is 0 Å². The molecule has 1 atom stereocenters. The van der Waals surface area contributed by atoms with Crippen molar-refractivity contribution in [3.8, 4) is 0 Å². The minimum absolute atomic E-state index is 0.0564. The maximum absolute atomic E-state index is 6.18. The number of nitrogens with zero attached hydrogens (tertiary/aromatic N) is 2. The fraction of sp³-hybridized carbons (Fsp3) is 0.875. The molecule has 1 unspecified atom stereocenters. The van der Waals surface area contributed by atoms with Crippen LogP contribution in [0.25, 0.3) is 0 Å². The van der Waals surface area contributed by atoms with Gasteiger partial charge in [-0.3, -0.25) is 0 Å². The third-order valence-corrected chi connectivity index (χ3v) is 4.74. The van der Waals surface area contributed by atoms with Crippen LogP contribution in [0.2, 0.25) is 0 Å². The minimum Gasteiger partial charge on any atom is -0.338 e. The van der Waals surface area contributed by atoms with Gasteiger partial charge in [-0.1, -0.05) is 39.8 Å². The van der Waals surface area contributed by atoms with E-state index in [2.05, 4.69) is 44.8 Å². The number of nitrogens with two attached hydrogens (primary N) is 1. The maximum atomic E-state index is 6.18. The lowest BCUT2D eigenvalue weighted by molar-refractivity contribution is 0.244. The zero-order chi connectivity index (χ0) is 14.9. The van der Waals surface area contributed by atoms with Crippen LogP contribution in [0, 0.1) is 17.3 Å². The lowest BCUT2D eigenvalue weighted by Gasteiger charge is -2.29. The van der Waals surface area contributed by atoms with Gasteiger partial charge in [0.25, 0.3) is 0 Å². The first-order chi connectivity index (χ1) is 9.29. The van der Waals surface area contributed by atoms with Crippen molar-refractivity contribution in [2.24, 2.45) is 23.0 Å². The van der Waals surface area contributed by atoms with Crippen molar-refractivity contribution in [3.05, 3.63) is 11.7 Å². The molecular formula is C16H29N3O. The molecule has 0 saturated heterocycles. The van der Waals surface area contributed by atoms with Crippen LogP contribution in [-0.2, 0) is 0 Å². The Kier molecular flexibility index (Phi) is 4.52. The van der Waals surface area contributed by atoms with Gasteiger partial charge in [0.05, 0.1) is 6.04 Å². The Morgan fingerprint density at radius 3 is 2.25 bits per heavy atom. The van der Waals surface area contributed by atoms with E-state index in [9.17, 15) is 0 Å². The molecule has 1 aliphatic carbocycles. The lowest BCUT2D eigenvalue weighted by Crippen LogP contribution is -2.26. The quantitative estimate of drug-likeness (QED) is 0.906. The van der Waals surface area contributed by atoms with Gasteiger partial charge in [0.1, 0.15) is 0 Å². The van der Waals surface area contributed by atoms with Crippen molar-refractivity contribution in [1.29, 1.82) is 0 Å². The minimum atomic E-state index is -0.198. The summed E-state index contributed by atoms with van der Waals surface area (Å²) in [4.78, 5) is 4.57. The smallest absolute Gasteiger partial charge is 0.244 e. The largest absolute Gasteiger partial charge is 0.338 e. The van der Waals surface area contributed by atoms with Crippen LogP contribution < -0.4 is 5.73 Å². The summed E-state index contributed by atoms with van der Waals surface area (Å²) >= 11 is 0. The van der Waals surface area contributed by atoms with Crippen LogP contribution >= 0.6 is 0 Å². The molecule has 1 aromatic rings. The molecule has 4 nitrogen and oxygen atoms in total. The van der Waals surface area contributed by atoms with Gasteiger partial charge in [-0.05, 0) is 42.9 Å². The molecular weight excluding hydrogens is 250 g/mol. The van der Waals surface area contributed by atoms with Gasteiger partial charge in [-0.25, -0.2) is 0 Å². The van der Waals surface area contributed by atoms with Crippen LogP contribution in [0.5, 0.6) is 0 Å². The Bertz CT molecular complexity index is 425. The predicted octanol–water partition coefficient (Wildman–Crippen LogP) is 4.05. The summed E-state index contributed by atoms with van der Waals surface area (Å²) in [6.45, 7) is 10.9. The monoisotopic (exact) mass is 279 g/mol. The Hall–Kier alpha value is -0.900.